The van der Waals surface area contributed by atoms with Gasteiger partial charge in [0, 0.05) is 13.0 Å². The lowest BCUT2D eigenvalue weighted by Crippen LogP contribution is -2.09. The van der Waals surface area contributed by atoms with Crippen molar-refractivity contribution in [1.82, 2.24) is 0 Å². The average molecular weight is 143 g/mol. The minimum Gasteiger partial charge on any atom is -0.378 e. The molecule has 0 rings (SSSR count). The predicted octanol–water partition coefficient (Wildman–Crippen LogP) is 1.59. The zero-order chi connectivity index (χ0) is 7.82. The standard InChI is InChI=1S/C8H15O2/c1-3-4-7-10-8(2)5-6-9/h6,8H,2-5,7H2,1H3. The summed E-state index contributed by atoms with van der Waals surface area (Å²) in [4.78, 5) is 9.93. The van der Waals surface area contributed by atoms with E-state index in [0.29, 0.717) is 6.42 Å². The van der Waals surface area contributed by atoms with Gasteiger partial charge in [-0.1, -0.05) is 13.3 Å². The van der Waals surface area contributed by atoms with Gasteiger partial charge in [0.2, 0.25) is 0 Å². The van der Waals surface area contributed by atoms with Crippen molar-refractivity contribution >= 4 is 6.29 Å². The number of hydrogen-bond acceptors (Lipinski definition) is 2. The molecule has 0 aliphatic rings. The third-order valence-corrected chi connectivity index (χ3v) is 1.21. The van der Waals surface area contributed by atoms with Gasteiger partial charge >= 0.3 is 0 Å². The van der Waals surface area contributed by atoms with Gasteiger partial charge in [-0.3, -0.25) is 0 Å². The molecule has 59 valence electrons. The molecule has 0 fully saturated rings. The largest absolute Gasteiger partial charge is 0.378 e. The molecule has 0 aromatic heterocycles. The Morgan fingerprint density at radius 1 is 1.70 bits per heavy atom. The maximum atomic E-state index is 9.93. The summed E-state index contributed by atoms with van der Waals surface area (Å²) in [6.07, 6.45) is 3.26. The van der Waals surface area contributed by atoms with E-state index in [2.05, 4.69) is 13.8 Å². The van der Waals surface area contributed by atoms with Gasteiger partial charge in [-0.2, -0.15) is 0 Å². The van der Waals surface area contributed by atoms with E-state index in [0.717, 1.165) is 25.7 Å². The molecule has 1 unspecified atom stereocenters. The number of unbranched alkanes of at least 4 members (excludes halogenated alkanes) is 1. The first-order valence-corrected chi connectivity index (χ1v) is 3.69. The molecule has 0 aromatic carbocycles. The molecular formula is C8H15O2. The summed E-state index contributed by atoms with van der Waals surface area (Å²) in [6.45, 7) is 6.47. The quantitative estimate of drug-likeness (QED) is 0.417. The molecule has 0 bridgehead atoms. The van der Waals surface area contributed by atoms with E-state index in [1.165, 1.54) is 0 Å². The lowest BCUT2D eigenvalue weighted by molar-refractivity contribution is -0.109. The van der Waals surface area contributed by atoms with Gasteiger partial charge in [-0.25, -0.2) is 0 Å². The lowest BCUT2D eigenvalue weighted by atomic mass is 10.3. The highest BCUT2D eigenvalue weighted by Gasteiger charge is 1.98. The Labute approximate surface area is 62.6 Å². The first-order valence-electron chi connectivity index (χ1n) is 3.69. The van der Waals surface area contributed by atoms with Crippen LogP contribution in [-0.4, -0.2) is 19.0 Å². The van der Waals surface area contributed by atoms with Gasteiger partial charge in [0.1, 0.15) is 6.29 Å². The van der Waals surface area contributed by atoms with E-state index < -0.39 is 0 Å². The van der Waals surface area contributed by atoms with Gasteiger partial charge < -0.3 is 9.53 Å². The van der Waals surface area contributed by atoms with Crippen LogP contribution in [0.2, 0.25) is 0 Å². The van der Waals surface area contributed by atoms with Crippen molar-refractivity contribution < 1.29 is 9.53 Å². The number of carbonyl (C=O) groups excluding carboxylic acids is 1. The molecule has 0 heterocycles. The maximum absolute atomic E-state index is 9.93. The summed E-state index contributed by atoms with van der Waals surface area (Å²) in [5.41, 5.74) is 0. The molecule has 0 aliphatic carbocycles. The molecule has 1 atom stereocenters. The second-order valence-electron chi connectivity index (χ2n) is 2.25. The summed E-state index contributed by atoms with van der Waals surface area (Å²) in [5.74, 6) is 0. The van der Waals surface area contributed by atoms with Crippen LogP contribution in [0.4, 0.5) is 0 Å². The van der Waals surface area contributed by atoms with Crippen LogP contribution in [0.3, 0.4) is 0 Å². The molecule has 0 N–H and O–H groups in total. The fourth-order valence-electron chi connectivity index (χ4n) is 0.570. The van der Waals surface area contributed by atoms with E-state index >= 15 is 0 Å². The van der Waals surface area contributed by atoms with Gasteiger partial charge in [0.25, 0.3) is 0 Å². The van der Waals surface area contributed by atoms with Crippen molar-refractivity contribution in [1.29, 1.82) is 0 Å². The van der Waals surface area contributed by atoms with Gasteiger partial charge in [-0.15, -0.1) is 0 Å². The Bertz CT molecular complexity index is 81.3. The molecule has 0 aliphatic heterocycles. The van der Waals surface area contributed by atoms with Crippen molar-refractivity contribution in [2.45, 2.75) is 32.3 Å². The Hall–Kier alpha value is -0.370. The van der Waals surface area contributed by atoms with E-state index in [9.17, 15) is 4.79 Å². The van der Waals surface area contributed by atoms with Crippen LogP contribution in [0.25, 0.3) is 0 Å². The molecule has 0 aromatic rings. The average Bonchev–Trinajstić information content (AvgIpc) is 1.89. The topological polar surface area (TPSA) is 26.3 Å². The minimum atomic E-state index is -0.149. The number of carbonyl (C=O) groups is 1. The van der Waals surface area contributed by atoms with Crippen LogP contribution in [0.15, 0.2) is 0 Å². The zero-order valence-corrected chi connectivity index (χ0v) is 6.51. The van der Waals surface area contributed by atoms with Crippen molar-refractivity contribution in [3.63, 3.8) is 0 Å². The number of aldehydes is 1. The molecule has 1 radical (unpaired) electrons. The molecule has 0 amide bonds. The fourth-order valence-corrected chi connectivity index (χ4v) is 0.570. The normalized spacial score (nSPS) is 13.0. The molecule has 2 heteroatoms. The van der Waals surface area contributed by atoms with Crippen LogP contribution in [-0.2, 0) is 9.53 Å². The third-order valence-electron chi connectivity index (χ3n) is 1.21. The first kappa shape index (κ1) is 9.63. The summed E-state index contributed by atoms with van der Waals surface area (Å²) in [7, 11) is 0. The van der Waals surface area contributed by atoms with Gasteiger partial charge in [-0.05, 0) is 13.3 Å². The van der Waals surface area contributed by atoms with Crippen LogP contribution in [0.1, 0.15) is 26.2 Å². The molecule has 0 saturated carbocycles. The highest BCUT2D eigenvalue weighted by Crippen LogP contribution is 1.96. The molecule has 0 saturated heterocycles. The smallest absolute Gasteiger partial charge is 0.122 e. The van der Waals surface area contributed by atoms with Crippen molar-refractivity contribution in [2.24, 2.45) is 0 Å². The third kappa shape index (κ3) is 5.76. The number of hydrogen-bond donors (Lipinski definition) is 0. The van der Waals surface area contributed by atoms with Gasteiger partial charge in [0.15, 0.2) is 0 Å². The van der Waals surface area contributed by atoms with E-state index in [-0.39, 0.29) is 6.10 Å². The SMILES string of the molecule is [CH2]C(CC=O)OCCCC. The van der Waals surface area contributed by atoms with Crippen LogP contribution in [0, 0.1) is 6.92 Å². The van der Waals surface area contributed by atoms with E-state index in [1.54, 1.807) is 0 Å². The Kier molecular flexibility index (Phi) is 6.50. The van der Waals surface area contributed by atoms with E-state index in [4.69, 9.17) is 4.74 Å². The highest BCUT2D eigenvalue weighted by atomic mass is 16.5. The molecular weight excluding hydrogens is 128 g/mol. The van der Waals surface area contributed by atoms with Crippen LogP contribution in [0.5, 0.6) is 0 Å². The van der Waals surface area contributed by atoms with Crippen molar-refractivity contribution in [2.75, 3.05) is 6.61 Å². The summed E-state index contributed by atoms with van der Waals surface area (Å²) >= 11 is 0. The first-order chi connectivity index (χ1) is 4.81. The Morgan fingerprint density at radius 2 is 2.40 bits per heavy atom. The van der Waals surface area contributed by atoms with E-state index in [1.807, 2.05) is 0 Å². The molecule has 0 spiro atoms. The fraction of sp³-hybridized carbons (Fsp3) is 0.750. The second-order valence-corrected chi connectivity index (χ2v) is 2.25. The van der Waals surface area contributed by atoms with Crippen molar-refractivity contribution in [3.05, 3.63) is 6.92 Å². The lowest BCUT2D eigenvalue weighted by Gasteiger charge is -2.07. The predicted molar refractivity (Wildman–Crippen MR) is 40.7 cm³/mol. The molecule has 10 heavy (non-hydrogen) atoms. The van der Waals surface area contributed by atoms with Gasteiger partial charge in [0.05, 0.1) is 6.10 Å². The summed E-state index contributed by atoms with van der Waals surface area (Å²) in [5, 5.41) is 0. The Balaban J connectivity index is 3.04. The highest BCUT2D eigenvalue weighted by molar-refractivity contribution is 5.50. The summed E-state index contributed by atoms with van der Waals surface area (Å²) < 4.78 is 5.18. The monoisotopic (exact) mass is 143 g/mol. The Morgan fingerprint density at radius 3 is 2.90 bits per heavy atom. The maximum Gasteiger partial charge on any atom is 0.122 e. The minimum absolute atomic E-state index is 0.149. The van der Waals surface area contributed by atoms with Crippen LogP contribution < -0.4 is 0 Å². The van der Waals surface area contributed by atoms with Crippen LogP contribution >= 0.6 is 0 Å². The summed E-state index contributed by atoms with van der Waals surface area (Å²) in [6, 6.07) is 0. The zero-order valence-electron chi connectivity index (χ0n) is 6.51. The molecule has 2 nitrogen and oxygen atoms in total. The number of rotatable bonds is 6. The second kappa shape index (κ2) is 6.75. The number of ether oxygens (including phenoxy) is 1. The van der Waals surface area contributed by atoms with Crippen molar-refractivity contribution in [3.8, 4) is 0 Å².